The maximum atomic E-state index is 11.8. The van der Waals surface area contributed by atoms with E-state index < -0.39 is 0 Å². The van der Waals surface area contributed by atoms with Crippen LogP contribution in [0.2, 0.25) is 5.15 Å². The van der Waals surface area contributed by atoms with E-state index in [0.29, 0.717) is 11.0 Å². The summed E-state index contributed by atoms with van der Waals surface area (Å²) in [4.78, 5) is 11.8. The number of rotatable bonds is 2. The number of carbonyl (C=O) groups excluding carboxylic acids is 1. The molecule has 16 heavy (non-hydrogen) atoms. The summed E-state index contributed by atoms with van der Waals surface area (Å²) in [5.74, 6) is 0.454. The second kappa shape index (κ2) is 5.23. The molecule has 1 aromatic rings. The summed E-state index contributed by atoms with van der Waals surface area (Å²) in [5.41, 5.74) is 0. The Labute approximate surface area is 98.6 Å². The third-order valence-corrected chi connectivity index (χ3v) is 2.75. The predicted octanol–water partition coefficient (Wildman–Crippen LogP) is 1.07. The lowest BCUT2D eigenvalue weighted by Crippen LogP contribution is -2.37. The van der Waals surface area contributed by atoms with Crippen molar-refractivity contribution < 1.29 is 4.79 Å². The second-order valence-electron chi connectivity index (χ2n) is 3.77. The van der Waals surface area contributed by atoms with E-state index in [0.717, 1.165) is 25.9 Å². The molecule has 1 atom stereocenters. The first-order valence-corrected chi connectivity index (χ1v) is 5.64. The fourth-order valence-electron chi connectivity index (χ4n) is 1.69. The number of hydrogen-bond acceptors (Lipinski definition) is 4. The van der Waals surface area contributed by atoms with E-state index in [-0.39, 0.29) is 11.8 Å². The molecule has 1 saturated heterocycles. The van der Waals surface area contributed by atoms with Gasteiger partial charge in [0.05, 0.1) is 5.92 Å². The van der Waals surface area contributed by atoms with Gasteiger partial charge in [0.15, 0.2) is 11.0 Å². The van der Waals surface area contributed by atoms with Gasteiger partial charge >= 0.3 is 0 Å². The van der Waals surface area contributed by atoms with Crippen molar-refractivity contribution in [2.24, 2.45) is 5.92 Å². The van der Waals surface area contributed by atoms with Crippen LogP contribution >= 0.6 is 11.6 Å². The molecule has 0 saturated carbocycles. The predicted molar refractivity (Wildman–Crippen MR) is 61.3 cm³/mol. The van der Waals surface area contributed by atoms with Crippen molar-refractivity contribution in [2.75, 3.05) is 18.4 Å². The number of piperidine rings is 1. The maximum absolute atomic E-state index is 11.8. The minimum atomic E-state index is -0.0103. The van der Waals surface area contributed by atoms with E-state index in [1.165, 1.54) is 0 Å². The molecule has 1 unspecified atom stereocenters. The first-order valence-electron chi connectivity index (χ1n) is 5.26. The van der Waals surface area contributed by atoms with Gasteiger partial charge in [0.25, 0.3) is 0 Å². The third-order valence-electron chi connectivity index (χ3n) is 2.55. The van der Waals surface area contributed by atoms with Crippen molar-refractivity contribution in [3.63, 3.8) is 0 Å². The van der Waals surface area contributed by atoms with Crippen molar-refractivity contribution in [3.8, 4) is 0 Å². The number of carbonyl (C=O) groups is 1. The Morgan fingerprint density at radius 2 is 2.38 bits per heavy atom. The van der Waals surface area contributed by atoms with Crippen LogP contribution in [0.3, 0.4) is 0 Å². The quantitative estimate of drug-likeness (QED) is 0.812. The lowest BCUT2D eigenvalue weighted by molar-refractivity contribution is -0.120. The summed E-state index contributed by atoms with van der Waals surface area (Å²) >= 11 is 5.60. The zero-order chi connectivity index (χ0) is 11.4. The molecule has 2 rings (SSSR count). The number of nitrogens with zero attached hydrogens (tertiary/aromatic N) is 2. The van der Waals surface area contributed by atoms with Crippen molar-refractivity contribution in [1.82, 2.24) is 15.5 Å². The van der Waals surface area contributed by atoms with Crippen LogP contribution in [-0.4, -0.2) is 29.2 Å². The summed E-state index contributed by atoms with van der Waals surface area (Å²) in [7, 11) is 0. The lowest BCUT2D eigenvalue weighted by Gasteiger charge is -2.21. The van der Waals surface area contributed by atoms with Crippen LogP contribution in [0.4, 0.5) is 5.82 Å². The Morgan fingerprint density at radius 3 is 3.00 bits per heavy atom. The van der Waals surface area contributed by atoms with E-state index >= 15 is 0 Å². The van der Waals surface area contributed by atoms with Crippen molar-refractivity contribution in [1.29, 1.82) is 0 Å². The zero-order valence-electron chi connectivity index (χ0n) is 8.74. The van der Waals surface area contributed by atoms with E-state index in [1.54, 1.807) is 12.1 Å². The highest BCUT2D eigenvalue weighted by molar-refractivity contribution is 6.29. The number of anilines is 1. The van der Waals surface area contributed by atoms with Crippen LogP contribution < -0.4 is 10.6 Å². The fourth-order valence-corrected chi connectivity index (χ4v) is 1.79. The molecule has 0 bridgehead atoms. The molecule has 1 aromatic heterocycles. The molecule has 1 aliphatic rings. The first kappa shape index (κ1) is 11.3. The van der Waals surface area contributed by atoms with Gasteiger partial charge < -0.3 is 10.6 Å². The van der Waals surface area contributed by atoms with Gasteiger partial charge in [0.1, 0.15) is 0 Å². The summed E-state index contributed by atoms with van der Waals surface area (Å²) in [6.45, 7) is 1.72. The molecule has 2 heterocycles. The number of hydrogen-bond donors (Lipinski definition) is 2. The number of amides is 1. The van der Waals surface area contributed by atoms with E-state index in [9.17, 15) is 4.79 Å². The van der Waals surface area contributed by atoms with Crippen molar-refractivity contribution in [3.05, 3.63) is 17.3 Å². The minimum absolute atomic E-state index is 0.0103. The summed E-state index contributed by atoms with van der Waals surface area (Å²) in [6.07, 6.45) is 1.95. The van der Waals surface area contributed by atoms with Crippen LogP contribution in [-0.2, 0) is 4.79 Å². The molecule has 86 valence electrons. The van der Waals surface area contributed by atoms with Crippen LogP contribution in [0.5, 0.6) is 0 Å². The number of nitrogens with one attached hydrogen (secondary N) is 2. The second-order valence-corrected chi connectivity index (χ2v) is 4.16. The molecule has 6 heteroatoms. The van der Waals surface area contributed by atoms with Gasteiger partial charge in [-0.25, -0.2) is 0 Å². The normalized spacial score (nSPS) is 20.4. The Balaban J connectivity index is 1.93. The molecule has 0 aliphatic carbocycles. The van der Waals surface area contributed by atoms with E-state index in [2.05, 4.69) is 20.8 Å². The van der Waals surface area contributed by atoms with Gasteiger partial charge in [0.2, 0.25) is 5.91 Å². The van der Waals surface area contributed by atoms with Crippen molar-refractivity contribution in [2.45, 2.75) is 12.8 Å². The molecule has 0 aromatic carbocycles. The standard InChI is InChI=1S/C10H13ClN4O/c11-8-3-4-9(15-14-8)13-10(16)7-2-1-5-12-6-7/h3-4,7,12H,1-2,5-6H2,(H,13,15,16). The van der Waals surface area contributed by atoms with Crippen LogP contribution in [0.15, 0.2) is 12.1 Å². The highest BCUT2D eigenvalue weighted by atomic mass is 35.5. The van der Waals surface area contributed by atoms with Gasteiger partial charge in [-0.05, 0) is 31.5 Å². The van der Waals surface area contributed by atoms with Crippen molar-refractivity contribution >= 4 is 23.3 Å². The van der Waals surface area contributed by atoms with E-state index in [1.807, 2.05) is 0 Å². The molecule has 1 amide bonds. The highest BCUT2D eigenvalue weighted by Gasteiger charge is 2.21. The average molecular weight is 241 g/mol. The monoisotopic (exact) mass is 240 g/mol. The zero-order valence-corrected chi connectivity index (χ0v) is 9.50. The van der Waals surface area contributed by atoms with Crippen LogP contribution in [0, 0.1) is 5.92 Å². The molecule has 1 fully saturated rings. The number of halogens is 1. The maximum Gasteiger partial charge on any atom is 0.229 e. The van der Waals surface area contributed by atoms with Crippen LogP contribution in [0.25, 0.3) is 0 Å². The Hall–Kier alpha value is -1.20. The number of aromatic nitrogens is 2. The summed E-state index contributed by atoms with van der Waals surface area (Å²) in [6, 6.07) is 3.24. The Kier molecular flexibility index (Phi) is 3.69. The highest BCUT2D eigenvalue weighted by Crippen LogP contribution is 2.13. The molecule has 1 aliphatic heterocycles. The molecule has 2 N–H and O–H groups in total. The third kappa shape index (κ3) is 2.90. The molecular formula is C10H13ClN4O. The first-order chi connectivity index (χ1) is 7.75. The van der Waals surface area contributed by atoms with Gasteiger partial charge in [0, 0.05) is 6.54 Å². The molecule has 5 nitrogen and oxygen atoms in total. The van der Waals surface area contributed by atoms with Gasteiger partial charge in [-0.1, -0.05) is 11.6 Å². The lowest BCUT2D eigenvalue weighted by atomic mass is 9.99. The molecule has 0 spiro atoms. The smallest absolute Gasteiger partial charge is 0.229 e. The minimum Gasteiger partial charge on any atom is -0.316 e. The van der Waals surface area contributed by atoms with Gasteiger partial charge in [-0.3, -0.25) is 4.79 Å². The summed E-state index contributed by atoms with van der Waals surface area (Å²) < 4.78 is 0. The Morgan fingerprint density at radius 1 is 1.50 bits per heavy atom. The van der Waals surface area contributed by atoms with Gasteiger partial charge in [-0.15, -0.1) is 10.2 Å². The van der Waals surface area contributed by atoms with Gasteiger partial charge in [-0.2, -0.15) is 0 Å². The molecular weight excluding hydrogens is 228 g/mol. The molecule has 0 radical (unpaired) electrons. The SMILES string of the molecule is O=C(Nc1ccc(Cl)nn1)C1CCCNC1. The van der Waals surface area contributed by atoms with E-state index in [4.69, 9.17) is 11.6 Å². The Bertz CT molecular complexity index is 362. The fraction of sp³-hybridized carbons (Fsp3) is 0.500. The van der Waals surface area contributed by atoms with Crippen LogP contribution in [0.1, 0.15) is 12.8 Å². The largest absolute Gasteiger partial charge is 0.316 e. The summed E-state index contributed by atoms with van der Waals surface area (Å²) in [5, 5.41) is 13.7. The average Bonchev–Trinajstić information content (AvgIpc) is 2.33. The topological polar surface area (TPSA) is 66.9 Å².